The minimum Gasteiger partial charge on any atom is -0.383 e. The summed E-state index contributed by atoms with van der Waals surface area (Å²) in [4.78, 5) is 5.51. The molecule has 4 heteroatoms. The highest BCUT2D eigenvalue weighted by Gasteiger charge is 2.16. The molecule has 0 radical (unpaired) electrons. The predicted octanol–water partition coefficient (Wildman–Crippen LogP) is 1.97. The van der Waals surface area contributed by atoms with Crippen molar-refractivity contribution in [2.75, 3.05) is 13.7 Å². The number of ether oxygens (including phenoxy) is 1. The Morgan fingerprint density at radius 2 is 2.29 bits per heavy atom. The van der Waals surface area contributed by atoms with Gasteiger partial charge in [-0.1, -0.05) is 0 Å². The first-order chi connectivity index (χ1) is 6.55. The minimum absolute atomic E-state index is 0.0190. The first kappa shape index (κ1) is 11.6. The molecule has 1 heterocycles. The number of thiazole rings is 1. The maximum Gasteiger partial charge on any atom is 0.0798 e. The third-order valence-electron chi connectivity index (χ3n) is 2.08. The van der Waals surface area contributed by atoms with Gasteiger partial charge in [-0.05, 0) is 20.8 Å². The molecule has 14 heavy (non-hydrogen) atoms. The van der Waals surface area contributed by atoms with Crippen LogP contribution in [0.3, 0.4) is 0 Å². The fourth-order valence-electron chi connectivity index (χ4n) is 1.23. The molecule has 0 bridgehead atoms. The summed E-state index contributed by atoms with van der Waals surface area (Å²) in [6, 6.07) is 0. The van der Waals surface area contributed by atoms with Crippen molar-refractivity contribution in [1.29, 1.82) is 0 Å². The zero-order valence-corrected chi connectivity index (χ0v) is 10.1. The Bertz CT molecular complexity index is 283. The van der Waals surface area contributed by atoms with E-state index in [1.165, 1.54) is 4.88 Å². The van der Waals surface area contributed by atoms with Crippen molar-refractivity contribution in [3.8, 4) is 0 Å². The van der Waals surface area contributed by atoms with E-state index in [1.54, 1.807) is 18.4 Å². The molecular formula is C10H18N2OS. The molecule has 0 saturated heterocycles. The summed E-state index contributed by atoms with van der Waals surface area (Å²) in [5.74, 6) is 0. The second-order valence-electron chi connectivity index (χ2n) is 4.03. The van der Waals surface area contributed by atoms with Gasteiger partial charge in [-0.3, -0.25) is 0 Å². The van der Waals surface area contributed by atoms with Gasteiger partial charge >= 0.3 is 0 Å². The third kappa shape index (κ3) is 3.36. The number of aromatic nitrogens is 1. The standard InChI is InChI=1S/C10H18N2OS/c1-8-9(14-7-11-8)5-12-10(2,3)6-13-4/h7,12H,5-6H2,1-4H3. The average Bonchev–Trinajstić information content (AvgIpc) is 2.48. The van der Waals surface area contributed by atoms with Crippen molar-refractivity contribution in [2.45, 2.75) is 32.9 Å². The van der Waals surface area contributed by atoms with Crippen molar-refractivity contribution in [3.63, 3.8) is 0 Å². The third-order valence-corrected chi connectivity index (χ3v) is 3.01. The van der Waals surface area contributed by atoms with Crippen LogP contribution in [0.4, 0.5) is 0 Å². The van der Waals surface area contributed by atoms with Crippen LogP contribution < -0.4 is 5.32 Å². The zero-order chi connectivity index (χ0) is 10.6. The normalized spacial score (nSPS) is 12.0. The molecule has 0 atom stereocenters. The fraction of sp³-hybridized carbons (Fsp3) is 0.700. The zero-order valence-electron chi connectivity index (χ0n) is 9.26. The van der Waals surface area contributed by atoms with E-state index >= 15 is 0 Å². The van der Waals surface area contributed by atoms with Crippen molar-refractivity contribution < 1.29 is 4.74 Å². The fourth-order valence-corrected chi connectivity index (χ4v) is 1.94. The summed E-state index contributed by atoms with van der Waals surface area (Å²) in [7, 11) is 1.72. The second kappa shape index (κ2) is 4.87. The van der Waals surface area contributed by atoms with Crippen molar-refractivity contribution in [3.05, 3.63) is 16.1 Å². The van der Waals surface area contributed by atoms with Crippen molar-refractivity contribution in [1.82, 2.24) is 10.3 Å². The number of hydrogen-bond donors (Lipinski definition) is 1. The molecule has 3 nitrogen and oxygen atoms in total. The van der Waals surface area contributed by atoms with Gasteiger partial charge < -0.3 is 10.1 Å². The highest BCUT2D eigenvalue weighted by molar-refractivity contribution is 7.09. The lowest BCUT2D eigenvalue weighted by Crippen LogP contribution is -2.42. The van der Waals surface area contributed by atoms with Crippen LogP contribution in [0.1, 0.15) is 24.4 Å². The van der Waals surface area contributed by atoms with E-state index in [0.717, 1.165) is 12.2 Å². The number of nitrogens with zero attached hydrogens (tertiary/aromatic N) is 1. The maximum absolute atomic E-state index is 5.13. The lowest BCUT2D eigenvalue weighted by atomic mass is 10.1. The molecule has 0 amide bonds. The molecular weight excluding hydrogens is 196 g/mol. The van der Waals surface area contributed by atoms with Gasteiger partial charge in [0.1, 0.15) is 0 Å². The summed E-state index contributed by atoms with van der Waals surface area (Å²) in [5, 5.41) is 3.45. The first-order valence-electron chi connectivity index (χ1n) is 4.68. The Labute approximate surface area is 89.5 Å². The van der Waals surface area contributed by atoms with Gasteiger partial charge in [0, 0.05) is 24.1 Å². The quantitative estimate of drug-likeness (QED) is 0.813. The van der Waals surface area contributed by atoms with E-state index in [0.29, 0.717) is 6.61 Å². The molecule has 0 aliphatic carbocycles. The predicted molar refractivity (Wildman–Crippen MR) is 59.6 cm³/mol. The SMILES string of the molecule is COCC(C)(C)NCc1scnc1C. The topological polar surface area (TPSA) is 34.1 Å². The van der Waals surface area contributed by atoms with Crippen molar-refractivity contribution in [2.24, 2.45) is 0 Å². The van der Waals surface area contributed by atoms with Crippen LogP contribution in [-0.4, -0.2) is 24.2 Å². The molecule has 1 aromatic rings. The van der Waals surface area contributed by atoms with Gasteiger partial charge in [0.05, 0.1) is 17.8 Å². The minimum atomic E-state index is 0.0190. The van der Waals surface area contributed by atoms with E-state index in [-0.39, 0.29) is 5.54 Å². The summed E-state index contributed by atoms with van der Waals surface area (Å²) < 4.78 is 5.13. The highest BCUT2D eigenvalue weighted by Crippen LogP contribution is 2.13. The van der Waals surface area contributed by atoms with Crippen LogP contribution in [0.5, 0.6) is 0 Å². The van der Waals surface area contributed by atoms with Crippen LogP contribution in [0.2, 0.25) is 0 Å². The van der Waals surface area contributed by atoms with Crippen molar-refractivity contribution >= 4 is 11.3 Å². The average molecular weight is 214 g/mol. The van der Waals surface area contributed by atoms with Crippen LogP contribution in [0.15, 0.2) is 5.51 Å². The Morgan fingerprint density at radius 1 is 1.57 bits per heavy atom. The molecule has 0 unspecified atom stereocenters. The summed E-state index contributed by atoms with van der Waals surface area (Å²) in [6.07, 6.45) is 0. The van der Waals surface area contributed by atoms with E-state index in [4.69, 9.17) is 4.74 Å². The van der Waals surface area contributed by atoms with Crippen LogP contribution in [-0.2, 0) is 11.3 Å². The van der Waals surface area contributed by atoms with Gasteiger partial charge in [-0.25, -0.2) is 4.98 Å². The van der Waals surface area contributed by atoms with E-state index in [1.807, 2.05) is 12.4 Å². The van der Waals surface area contributed by atoms with Crippen LogP contribution >= 0.6 is 11.3 Å². The highest BCUT2D eigenvalue weighted by atomic mass is 32.1. The summed E-state index contributed by atoms with van der Waals surface area (Å²) in [5.41, 5.74) is 3.02. The smallest absolute Gasteiger partial charge is 0.0798 e. The number of hydrogen-bond acceptors (Lipinski definition) is 4. The largest absolute Gasteiger partial charge is 0.383 e. The number of nitrogens with one attached hydrogen (secondary N) is 1. The Balaban J connectivity index is 2.44. The molecule has 0 saturated carbocycles. The molecule has 0 spiro atoms. The molecule has 1 N–H and O–H groups in total. The van der Waals surface area contributed by atoms with Crippen LogP contribution in [0, 0.1) is 6.92 Å². The van der Waals surface area contributed by atoms with Gasteiger partial charge in [0.25, 0.3) is 0 Å². The van der Waals surface area contributed by atoms with Gasteiger partial charge in [-0.2, -0.15) is 0 Å². The maximum atomic E-state index is 5.13. The Morgan fingerprint density at radius 3 is 2.79 bits per heavy atom. The van der Waals surface area contributed by atoms with Crippen LogP contribution in [0.25, 0.3) is 0 Å². The lowest BCUT2D eigenvalue weighted by Gasteiger charge is -2.25. The number of aryl methyl sites for hydroxylation is 1. The first-order valence-corrected chi connectivity index (χ1v) is 5.56. The molecule has 0 aromatic carbocycles. The van der Waals surface area contributed by atoms with E-state index in [2.05, 4.69) is 24.1 Å². The van der Waals surface area contributed by atoms with Gasteiger partial charge in [0.2, 0.25) is 0 Å². The summed E-state index contributed by atoms with van der Waals surface area (Å²) >= 11 is 1.69. The van der Waals surface area contributed by atoms with Gasteiger partial charge in [0.15, 0.2) is 0 Å². The molecule has 80 valence electrons. The molecule has 0 fully saturated rings. The molecule has 0 aliphatic rings. The molecule has 0 aliphatic heterocycles. The number of methoxy groups -OCH3 is 1. The lowest BCUT2D eigenvalue weighted by molar-refractivity contribution is 0.128. The van der Waals surface area contributed by atoms with E-state index < -0.39 is 0 Å². The summed E-state index contributed by atoms with van der Waals surface area (Å²) in [6.45, 7) is 7.88. The Hall–Kier alpha value is -0.450. The monoisotopic (exact) mass is 214 g/mol. The molecule has 1 aromatic heterocycles. The Kier molecular flexibility index (Phi) is 4.04. The molecule has 1 rings (SSSR count). The number of rotatable bonds is 5. The van der Waals surface area contributed by atoms with Gasteiger partial charge in [-0.15, -0.1) is 11.3 Å². The second-order valence-corrected chi connectivity index (χ2v) is 4.97. The van der Waals surface area contributed by atoms with E-state index in [9.17, 15) is 0 Å².